The molecule has 5 rings (SSSR count). The molecular weight excluding hydrogens is 410 g/mol. The summed E-state index contributed by atoms with van der Waals surface area (Å²) in [6.45, 7) is 5.41. The lowest BCUT2D eigenvalue weighted by Crippen LogP contribution is -2.40. The lowest BCUT2D eigenvalue weighted by Gasteiger charge is -2.39. The third kappa shape index (κ3) is 2.55. The van der Waals surface area contributed by atoms with E-state index >= 15 is 0 Å². The van der Waals surface area contributed by atoms with Crippen LogP contribution in [0.25, 0.3) is 0 Å². The first kappa shape index (κ1) is 20.2. The van der Waals surface area contributed by atoms with Gasteiger partial charge < -0.3 is 5.11 Å². The van der Waals surface area contributed by atoms with Crippen molar-refractivity contribution in [3.63, 3.8) is 0 Å². The number of rotatable bonds is 1. The predicted octanol–water partition coefficient (Wildman–Crippen LogP) is 1.73. The zero-order chi connectivity index (χ0) is 23.1. The van der Waals surface area contributed by atoms with Crippen molar-refractivity contribution in [2.24, 2.45) is 7.05 Å². The van der Waals surface area contributed by atoms with Crippen molar-refractivity contribution in [1.29, 1.82) is 0 Å². The number of aromatic nitrogens is 3. The lowest BCUT2D eigenvalue weighted by atomic mass is 9.67. The molecule has 32 heavy (non-hydrogen) atoms. The Hall–Kier alpha value is -3.68. The van der Waals surface area contributed by atoms with E-state index < -0.39 is 23.3 Å². The van der Waals surface area contributed by atoms with Gasteiger partial charge in [-0.15, -0.1) is 0 Å². The van der Waals surface area contributed by atoms with E-state index in [1.54, 1.807) is 20.8 Å². The SMILES string of the molecule is CC1=CC(=O)C2=C(C1=O)C(c1cc(C)c(O)c(C)c1)C1=CCn3c(=O)n(C)c(=O)n3C1C2. The minimum Gasteiger partial charge on any atom is -0.507 e. The van der Waals surface area contributed by atoms with Crippen molar-refractivity contribution in [3.05, 3.63) is 84.2 Å². The number of carbonyl (C=O) groups excluding carboxylic acids is 2. The third-order valence-corrected chi connectivity index (χ3v) is 6.87. The summed E-state index contributed by atoms with van der Waals surface area (Å²) in [6.07, 6.45) is 3.41. The molecule has 1 aromatic heterocycles. The average molecular weight is 433 g/mol. The molecule has 1 N–H and O–H groups in total. The maximum absolute atomic E-state index is 13.3. The number of hydrogen-bond donors (Lipinski definition) is 1. The number of ketones is 2. The van der Waals surface area contributed by atoms with Gasteiger partial charge in [0, 0.05) is 36.1 Å². The molecule has 8 heteroatoms. The summed E-state index contributed by atoms with van der Waals surface area (Å²) in [7, 11) is 1.43. The molecule has 0 saturated heterocycles. The number of benzene rings is 1. The summed E-state index contributed by atoms with van der Waals surface area (Å²) in [6, 6.07) is 3.09. The van der Waals surface area contributed by atoms with Crippen LogP contribution in [0.5, 0.6) is 5.75 Å². The van der Waals surface area contributed by atoms with Gasteiger partial charge in [-0.05, 0) is 49.1 Å². The van der Waals surface area contributed by atoms with Crippen molar-refractivity contribution < 1.29 is 14.7 Å². The molecule has 0 saturated carbocycles. The molecule has 2 aromatic rings. The topological polar surface area (TPSA) is 103 Å². The Bertz CT molecular complexity index is 1430. The Labute approximate surface area is 183 Å². The van der Waals surface area contributed by atoms with E-state index in [1.165, 1.54) is 22.5 Å². The zero-order valence-electron chi connectivity index (χ0n) is 18.3. The number of carbonyl (C=O) groups is 2. The Morgan fingerprint density at radius 1 is 1.00 bits per heavy atom. The van der Waals surface area contributed by atoms with E-state index in [0.717, 1.165) is 15.7 Å². The number of Topliss-reactive ketones (excluding diaryl/α,β-unsaturated/α-hetero) is 1. The van der Waals surface area contributed by atoms with Crippen LogP contribution in [0.2, 0.25) is 0 Å². The molecule has 0 bridgehead atoms. The van der Waals surface area contributed by atoms with Crippen LogP contribution >= 0.6 is 0 Å². The number of nitrogens with zero attached hydrogens (tertiary/aromatic N) is 3. The van der Waals surface area contributed by atoms with Crippen LogP contribution in [0.1, 0.15) is 42.0 Å². The first-order chi connectivity index (χ1) is 15.1. The smallest absolute Gasteiger partial charge is 0.347 e. The van der Waals surface area contributed by atoms with Gasteiger partial charge in [0.25, 0.3) is 0 Å². The number of fused-ring (bicyclic) bond motifs is 3. The maximum Gasteiger partial charge on any atom is 0.347 e. The summed E-state index contributed by atoms with van der Waals surface area (Å²) in [5, 5.41) is 10.3. The Balaban J connectivity index is 1.81. The fourth-order valence-corrected chi connectivity index (χ4v) is 5.28. The van der Waals surface area contributed by atoms with E-state index in [9.17, 15) is 24.3 Å². The second-order valence-electron chi connectivity index (χ2n) is 8.82. The van der Waals surface area contributed by atoms with Gasteiger partial charge in [-0.2, -0.15) is 0 Å². The second-order valence-corrected chi connectivity index (χ2v) is 8.82. The van der Waals surface area contributed by atoms with Crippen LogP contribution in [-0.2, 0) is 23.2 Å². The van der Waals surface area contributed by atoms with Crippen LogP contribution in [0.3, 0.4) is 0 Å². The van der Waals surface area contributed by atoms with Crippen molar-refractivity contribution in [1.82, 2.24) is 13.9 Å². The van der Waals surface area contributed by atoms with Gasteiger partial charge in [0.1, 0.15) is 5.75 Å². The lowest BCUT2D eigenvalue weighted by molar-refractivity contribution is -0.116. The Morgan fingerprint density at radius 2 is 1.66 bits per heavy atom. The molecule has 1 aromatic carbocycles. The summed E-state index contributed by atoms with van der Waals surface area (Å²) >= 11 is 0. The van der Waals surface area contributed by atoms with Crippen LogP contribution in [0.4, 0.5) is 0 Å². The molecule has 164 valence electrons. The van der Waals surface area contributed by atoms with Crippen LogP contribution in [0.15, 0.2) is 56.2 Å². The Kier molecular flexibility index (Phi) is 4.21. The molecule has 2 heterocycles. The molecule has 2 atom stereocenters. The summed E-state index contributed by atoms with van der Waals surface area (Å²) in [4.78, 5) is 51.7. The highest BCUT2D eigenvalue weighted by molar-refractivity contribution is 6.23. The monoisotopic (exact) mass is 433 g/mol. The molecule has 0 amide bonds. The summed E-state index contributed by atoms with van der Waals surface area (Å²) in [5.41, 5.74) is 3.25. The van der Waals surface area contributed by atoms with Crippen molar-refractivity contribution in [2.75, 3.05) is 0 Å². The van der Waals surface area contributed by atoms with Gasteiger partial charge in [0.2, 0.25) is 0 Å². The molecule has 2 unspecified atom stereocenters. The van der Waals surface area contributed by atoms with E-state index in [2.05, 4.69) is 0 Å². The van der Waals surface area contributed by atoms with Gasteiger partial charge in [0.05, 0.1) is 12.6 Å². The highest BCUT2D eigenvalue weighted by atomic mass is 16.3. The summed E-state index contributed by atoms with van der Waals surface area (Å²) < 4.78 is 3.85. The van der Waals surface area contributed by atoms with Gasteiger partial charge in [0.15, 0.2) is 11.6 Å². The normalized spacial score (nSPS) is 22.2. The quantitative estimate of drug-likeness (QED) is 0.545. The third-order valence-electron chi connectivity index (χ3n) is 6.87. The molecule has 2 aliphatic carbocycles. The minimum absolute atomic E-state index is 0.172. The number of hydrogen-bond acceptors (Lipinski definition) is 5. The molecule has 0 fully saturated rings. The van der Waals surface area contributed by atoms with E-state index in [0.29, 0.717) is 27.8 Å². The van der Waals surface area contributed by atoms with Crippen LogP contribution < -0.4 is 11.4 Å². The summed E-state index contributed by atoms with van der Waals surface area (Å²) in [5.74, 6) is -0.784. The van der Waals surface area contributed by atoms with E-state index in [-0.39, 0.29) is 30.3 Å². The van der Waals surface area contributed by atoms with E-state index in [4.69, 9.17) is 0 Å². The number of aryl methyl sites for hydroxylation is 2. The molecule has 8 nitrogen and oxygen atoms in total. The van der Waals surface area contributed by atoms with Crippen molar-refractivity contribution >= 4 is 11.6 Å². The standard InChI is InChI=1S/C24H23N3O5/c1-11-7-14(8-12(2)21(11)29)19-15-5-6-26-23(31)25(4)24(32)27(26)17(15)10-16-18(28)9-13(3)22(30)20(16)19/h5,7-9,17,19,29H,6,10H2,1-4H3. The van der Waals surface area contributed by atoms with Crippen LogP contribution in [-0.4, -0.2) is 30.6 Å². The van der Waals surface area contributed by atoms with Crippen molar-refractivity contribution in [3.8, 4) is 5.75 Å². The molecule has 0 radical (unpaired) electrons. The highest BCUT2D eigenvalue weighted by Crippen LogP contribution is 2.50. The van der Waals surface area contributed by atoms with Gasteiger partial charge in [-0.25, -0.2) is 23.5 Å². The van der Waals surface area contributed by atoms with Gasteiger partial charge in [-0.1, -0.05) is 18.2 Å². The number of phenolic OH excluding ortho intramolecular Hbond substituents is 1. The predicted molar refractivity (Wildman–Crippen MR) is 117 cm³/mol. The first-order valence-electron chi connectivity index (χ1n) is 10.5. The highest BCUT2D eigenvalue weighted by Gasteiger charge is 2.44. The molecule has 1 aliphatic heterocycles. The second kappa shape index (κ2) is 6.66. The molecule has 0 spiro atoms. The van der Waals surface area contributed by atoms with Crippen LogP contribution in [0, 0.1) is 13.8 Å². The van der Waals surface area contributed by atoms with Gasteiger partial charge in [-0.3, -0.25) is 9.59 Å². The molecular formula is C24H23N3O5. The average Bonchev–Trinajstić information content (AvgIpc) is 2.98. The van der Waals surface area contributed by atoms with Crippen molar-refractivity contribution in [2.45, 2.75) is 45.7 Å². The minimum atomic E-state index is -0.549. The Morgan fingerprint density at radius 3 is 2.31 bits per heavy atom. The van der Waals surface area contributed by atoms with E-state index in [1.807, 2.05) is 18.2 Å². The number of phenols is 1. The number of allylic oxidation sites excluding steroid dienone is 6. The fraction of sp³-hybridized carbons (Fsp3) is 0.333. The largest absolute Gasteiger partial charge is 0.507 e. The fourth-order valence-electron chi connectivity index (χ4n) is 5.28. The molecule has 3 aliphatic rings. The van der Waals surface area contributed by atoms with Gasteiger partial charge >= 0.3 is 11.4 Å². The maximum atomic E-state index is 13.3. The number of aromatic hydroxyl groups is 1. The zero-order valence-corrected chi connectivity index (χ0v) is 18.3. The first-order valence-corrected chi connectivity index (χ1v) is 10.5.